The highest BCUT2D eigenvalue weighted by molar-refractivity contribution is 7.20. The summed E-state index contributed by atoms with van der Waals surface area (Å²) in [5, 5.41) is 3.32. The summed E-state index contributed by atoms with van der Waals surface area (Å²) in [5.74, 6) is -1.23. The Hall–Kier alpha value is -3.53. The zero-order valence-electron chi connectivity index (χ0n) is 19.8. The first-order valence-electron chi connectivity index (χ1n) is 10.9. The fourth-order valence-electron chi connectivity index (χ4n) is 3.41. The van der Waals surface area contributed by atoms with Crippen molar-refractivity contribution >= 4 is 45.2 Å². The molecule has 0 aliphatic heterocycles. The van der Waals surface area contributed by atoms with Gasteiger partial charge < -0.3 is 20.5 Å². The molecule has 0 saturated carbocycles. The number of anilines is 1. The van der Waals surface area contributed by atoms with Crippen LogP contribution in [0, 0.1) is 19.8 Å². The number of nitrogens with zero attached hydrogens (tertiary/aromatic N) is 2. The molecule has 3 aromatic rings. The Morgan fingerprint density at radius 3 is 2.53 bits per heavy atom. The van der Waals surface area contributed by atoms with Gasteiger partial charge in [0.05, 0.1) is 12.0 Å². The molecule has 1 amide bonds. The number of fused-ring (bicyclic) bond motifs is 1. The second-order valence-electron chi connectivity index (χ2n) is 8.15. The van der Waals surface area contributed by atoms with Crippen molar-refractivity contribution in [2.45, 2.75) is 47.3 Å². The van der Waals surface area contributed by atoms with Gasteiger partial charge in [0.15, 0.2) is 12.4 Å². The van der Waals surface area contributed by atoms with Crippen molar-refractivity contribution in [3.63, 3.8) is 0 Å². The SMILES string of the molecule is CCOC(=O)c1sc2nc(COC(=O)[C@@H](NC(=O)c3cccc(C)c3)C(C)C)nc(N)c2c1C. The third-order valence-electron chi connectivity index (χ3n) is 5.16. The lowest BCUT2D eigenvalue weighted by Crippen LogP contribution is -2.45. The van der Waals surface area contributed by atoms with Crippen molar-refractivity contribution in [2.24, 2.45) is 5.92 Å². The van der Waals surface area contributed by atoms with Crippen LogP contribution in [0.15, 0.2) is 24.3 Å². The molecule has 2 aromatic heterocycles. The van der Waals surface area contributed by atoms with E-state index in [4.69, 9.17) is 15.2 Å². The number of carbonyl (C=O) groups is 3. The molecule has 0 aliphatic rings. The van der Waals surface area contributed by atoms with Crippen molar-refractivity contribution in [3.8, 4) is 0 Å². The Balaban J connectivity index is 1.74. The predicted octanol–water partition coefficient (Wildman–Crippen LogP) is 3.56. The lowest BCUT2D eigenvalue weighted by atomic mass is 10.0. The summed E-state index contributed by atoms with van der Waals surface area (Å²) in [6.45, 7) is 9.03. The first-order chi connectivity index (χ1) is 16.1. The number of nitrogen functional groups attached to an aromatic ring is 1. The minimum atomic E-state index is -0.853. The number of aromatic nitrogens is 2. The quantitative estimate of drug-likeness (QED) is 0.464. The van der Waals surface area contributed by atoms with Gasteiger partial charge in [-0.3, -0.25) is 4.79 Å². The van der Waals surface area contributed by atoms with E-state index < -0.39 is 18.0 Å². The summed E-state index contributed by atoms with van der Waals surface area (Å²) in [6, 6.07) is 6.25. The number of hydrogen-bond donors (Lipinski definition) is 2. The molecule has 2 heterocycles. The molecule has 1 aromatic carbocycles. The molecule has 0 spiro atoms. The molecule has 0 unspecified atom stereocenters. The number of ether oxygens (including phenoxy) is 2. The molecule has 0 radical (unpaired) electrons. The first kappa shape index (κ1) is 25.1. The molecule has 3 rings (SSSR count). The number of esters is 2. The molecule has 10 heteroatoms. The van der Waals surface area contributed by atoms with Gasteiger partial charge >= 0.3 is 11.9 Å². The van der Waals surface area contributed by atoms with Crippen LogP contribution in [0.3, 0.4) is 0 Å². The molecule has 0 bridgehead atoms. The van der Waals surface area contributed by atoms with Gasteiger partial charge in [-0.2, -0.15) is 0 Å². The third-order valence-corrected chi connectivity index (χ3v) is 6.32. The van der Waals surface area contributed by atoms with Gasteiger partial charge in [0, 0.05) is 5.56 Å². The van der Waals surface area contributed by atoms with Crippen LogP contribution >= 0.6 is 11.3 Å². The summed E-state index contributed by atoms with van der Waals surface area (Å²) in [5.41, 5.74) is 8.16. The maximum absolute atomic E-state index is 12.8. The maximum atomic E-state index is 12.8. The van der Waals surface area contributed by atoms with Gasteiger partial charge in [-0.25, -0.2) is 19.6 Å². The average molecular weight is 485 g/mol. The number of rotatable bonds is 8. The van der Waals surface area contributed by atoms with Crippen LogP contribution in [0.4, 0.5) is 5.82 Å². The normalized spacial score (nSPS) is 11.9. The van der Waals surface area contributed by atoms with Gasteiger partial charge in [0.25, 0.3) is 5.91 Å². The Morgan fingerprint density at radius 1 is 1.15 bits per heavy atom. The summed E-state index contributed by atoms with van der Waals surface area (Å²) in [7, 11) is 0. The number of thiophene rings is 1. The summed E-state index contributed by atoms with van der Waals surface area (Å²) < 4.78 is 10.5. The minimum absolute atomic E-state index is 0.188. The van der Waals surface area contributed by atoms with Crippen LogP contribution in [0.5, 0.6) is 0 Å². The van der Waals surface area contributed by atoms with E-state index >= 15 is 0 Å². The van der Waals surface area contributed by atoms with Crippen LogP contribution in [0.1, 0.15) is 57.8 Å². The monoisotopic (exact) mass is 484 g/mol. The van der Waals surface area contributed by atoms with Crippen LogP contribution in [0.25, 0.3) is 10.2 Å². The van der Waals surface area contributed by atoms with Gasteiger partial charge in [0.1, 0.15) is 21.6 Å². The second-order valence-corrected chi connectivity index (χ2v) is 9.15. The third kappa shape index (κ3) is 5.51. The van der Waals surface area contributed by atoms with Crippen molar-refractivity contribution in [2.75, 3.05) is 12.3 Å². The molecular formula is C24H28N4O5S. The van der Waals surface area contributed by atoms with Gasteiger partial charge in [0.2, 0.25) is 0 Å². The van der Waals surface area contributed by atoms with E-state index in [2.05, 4.69) is 15.3 Å². The number of hydrogen-bond acceptors (Lipinski definition) is 9. The number of aryl methyl sites for hydroxylation is 2. The van der Waals surface area contributed by atoms with Crippen molar-refractivity contribution in [3.05, 3.63) is 51.7 Å². The largest absolute Gasteiger partial charge is 0.462 e. The molecule has 9 nitrogen and oxygen atoms in total. The maximum Gasteiger partial charge on any atom is 0.348 e. The highest BCUT2D eigenvalue weighted by atomic mass is 32.1. The molecule has 0 saturated heterocycles. The standard InChI is InChI=1S/C24H28N4O5S/c1-6-32-24(31)19-14(5)17-20(25)26-16(27-22(17)34-19)11-33-23(30)18(12(2)3)28-21(29)15-9-7-8-13(4)10-15/h7-10,12,18H,6,11H2,1-5H3,(H,28,29)(H2,25,26,27)/t18-/m0/s1. The lowest BCUT2D eigenvalue weighted by molar-refractivity contribution is -0.148. The molecule has 1 atom stereocenters. The Kier molecular flexibility index (Phi) is 7.83. The summed E-state index contributed by atoms with van der Waals surface area (Å²) in [6.07, 6.45) is 0. The molecule has 3 N–H and O–H groups in total. The first-order valence-corrected chi connectivity index (χ1v) is 11.7. The van der Waals surface area contributed by atoms with Crippen molar-refractivity contribution < 1.29 is 23.9 Å². The lowest BCUT2D eigenvalue weighted by Gasteiger charge is -2.21. The Labute approximate surface area is 201 Å². The van der Waals surface area contributed by atoms with Crippen LogP contribution < -0.4 is 11.1 Å². The Bertz CT molecular complexity index is 1240. The Morgan fingerprint density at radius 2 is 1.88 bits per heavy atom. The van der Waals surface area contributed by atoms with E-state index in [1.165, 1.54) is 0 Å². The van der Waals surface area contributed by atoms with E-state index in [0.717, 1.165) is 16.9 Å². The minimum Gasteiger partial charge on any atom is -0.462 e. The molecule has 180 valence electrons. The number of nitrogens with one attached hydrogen (secondary N) is 1. The molecular weight excluding hydrogens is 456 g/mol. The van der Waals surface area contributed by atoms with E-state index in [1.807, 2.05) is 26.8 Å². The number of nitrogens with two attached hydrogens (primary N) is 1. The van der Waals surface area contributed by atoms with E-state index in [-0.39, 0.29) is 36.7 Å². The average Bonchev–Trinajstić information content (AvgIpc) is 3.12. The highest BCUT2D eigenvalue weighted by Gasteiger charge is 2.27. The zero-order valence-corrected chi connectivity index (χ0v) is 20.6. The summed E-state index contributed by atoms with van der Waals surface area (Å²) >= 11 is 1.15. The number of benzene rings is 1. The molecule has 0 aliphatic carbocycles. The fourth-order valence-corrected chi connectivity index (χ4v) is 4.51. The van der Waals surface area contributed by atoms with Crippen LogP contribution in [-0.2, 0) is 20.9 Å². The van der Waals surface area contributed by atoms with Crippen molar-refractivity contribution in [1.29, 1.82) is 0 Å². The number of carbonyl (C=O) groups excluding carboxylic acids is 3. The molecule has 0 fully saturated rings. The second kappa shape index (κ2) is 10.6. The van der Waals surface area contributed by atoms with E-state index in [9.17, 15) is 14.4 Å². The van der Waals surface area contributed by atoms with E-state index in [0.29, 0.717) is 26.2 Å². The van der Waals surface area contributed by atoms with Gasteiger partial charge in [-0.1, -0.05) is 31.5 Å². The molecule has 34 heavy (non-hydrogen) atoms. The topological polar surface area (TPSA) is 134 Å². The van der Waals surface area contributed by atoms with Gasteiger partial charge in [-0.05, 0) is 44.4 Å². The van der Waals surface area contributed by atoms with E-state index in [1.54, 1.807) is 32.0 Å². The summed E-state index contributed by atoms with van der Waals surface area (Å²) in [4.78, 5) is 47.1. The van der Waals surface area contributed by atoms with Gasteiger partial charge in [-0.15, -0.1) is 11.3 Å². The fraction of sp³-hybridized carbons (Fsp3) is 0.375. The predicted molar refractivity (Wildman–Crippen MR) is 130 cm³/mol. The van der Waals surface area contributed by atoms with Crippen LogP contribution in [0.2, 0.25) is 0 Å². The van der Waals surface area contributed by atoms with Crippen molar-refractivity contribution in [1.82, 2.24) is 15.3 Å². The smallest absolute Gasteiger partial charge is 0.348 e. The number of amides is 1. The van der Waals surface area contributed by atoms with Crippen LogP contribution in [-0.4, -0.2) is 40.5 Å². The zero-order chi connectivity index (χ0) is 25.0. The highest BCUT2D eigenvalue weighted by Crippen LogP contribution is 2.33.